The van der Waals surface area contributed by atoms with Crippen LogP contribution in [-0.4, -0.2) is 72.4 Å². The zero-order valence-electron chi connectivity index (χ0n) is 20.2. The van der Waals surface area contributed by atoms with E-state index >= 15 is 0 Å². The Hall–Kier alpha value is -3.59. The highest BCUT2D eigenvalue weighted by molar-refractivity contribution is 5.79. The number of hydrogen-bond donors (Lipinski definition) is 3. The number of carboxylic acids is 1. The molecule has 16 heteroatoms. The Kier molecular flexibility index (Phi) is 19.7. The second-order valence-corrected chi connectivity index (χ2v) is 7.67. The van der Waals surface area contributed by atoms with Crippen molar-refractivity contribution >= 4 is 18.2 Å². The number of nitrogens with zero attached hydrogens (tertiary/aromatic N) is 2. The number of aliphatic carboxylic acids is 1. The maximum absolute atomic E-state index is 11.8. The summed E-state index contributed by atoms with van der Waals surface area (Å²) in [5.74, 6) is -1.20. The summed E-state index contributed by atoms with van der Waals surface area (Å²) in [7, 11) is 0. The molecule has 0 fully saturated rings. The summed E-state index contributed by atoms with van der Waals surface area (Å²) in [6, 6.07) is -1.13. The van der Waals surface area contributed by atoms with Gasteiger partial charge in [0.05, 0.1) is 26.4 Å². The summed E-state index contributed by atoms with van der Waals surface area (Å²) in [6.45, 7) is 0.641. The van der Waals surface area contributed by atoms with Gasteiger partial charge in [-0.1, -0.05) is 12.8 Å². The van der Waals surface area contributed by atoms with E-state index in [0.717, 1.165) is 12.8 Å². The molecular weight excluding hydrogens is 488 g/mol. The smallest absolute Gasteiger partial charge is 0.407 e. The third-order valence-electron chi connectivity index (χ3n) is 4.72. The van der Waals surface area contributed by atoms with Gasteiger partial charge in [-0.05, 0) is 57.8 Å². The first-order valence-electron chi connectivity index (χ1n) is 11.8. The van der Waals surface area contributed by atoms with Crippen molar-refractivity contribution in [2.24, 2.45) is 0 Å². The first-order valence-corrected chi connectivity index (χ1v) is 11.8. The number of ether oxygens (including phenoxy) is 2. The van der Waals surface area contributed by atoms with Gasteiger partial charge >= 0.3 is 18.2 Å². The molecule has 1 unspecified atom stereocenters. The Morgan fingerprint density at radius 3 is 1.64 bits per heavy atom. The van der Waals surface area contributed by atoms with Crippen LogP contribution in [0.15, 0.2) is 0 Å². The quantitative estimate of drug-likeness (QED) is 0.0997. The first kappa shape index (κ1) is 32.4. The number of carboxylic acid groups (broad SMARTS) is 1. The van der Waals surface area contributed by atoms with Gasteiger partial charge in [-0.2, -0.15) is 0 Å². The number of unbranched alkanes of at least 4 members (excludes halogenated alkanes) is 7. The molecule has 0 bridgehead atoms. The summed E-state index contributed by atoms with van der Waals surface area (Å²) >= 11 is 0. The minimum atomic E-state index is -1.20. The largest absolute Gasteiger partial charge is 0.480 e. The van der Waals surface area contributed by atoms with Crippen molar-refractivity contribution in [1.82, 2.24) is 10.6 Å². The van der Waals surface area contributed by atoms with Crippen LogP contribution < -0.4 is 10.6 Å². The molecule has 16 nitrogen and oxygen atoms in total. The zero-order valence-corrected chi connectivity index (χ0v) is 20.2. The molecule has 0 aromatic heterocycles. The monoisotopic (exact) mass is 524 g/mol. The first-order chi connectivity index (χ1) is 17.2. The van der Waals surface area contributed by atoms with Crippen LogP contribution in [0.25, 0.3) is 0 Å². The Morgan fingerprint density at radius 2 is 1.17 bits per heavy atom. The van der Waals surface area contributed by atoms with Crippen LogP contribution in [0.2, 0.25) is 0 Å². The zero-order chi connectivity index (χ0) is 27.0. The van der Waals surface area contributed by atoms with Crippen molar-refractivity contribution < 1.29 is 48.8 Å². The topological polar surface area (TPSA) is 219 Å². The molecule has 0 radical (unpaired) electrons. The standard InChI is InChI=1S/C20H36N4O12/c25-18(26)17(22-20(28)34-14-8-2-4-10-16-36-24(31)32)11-5-6-12-21-19(27)33-13-7-1-3-9-15-35-23(29)30/h17H,1-16H2,(H,21,27)(H,22,28)(H,25,26). The van der Waals surface area contributed by atoms with Gasteiger partial charge in [0.15, 0.2) is 0 Å². The van der Waals surface area contributed by atoms with E-state index in [1.807, 2.05) is 0 Å². The Morgan fingerprint density at radius 1 is 0.694 bits per heavy atom. The summed E-state index contributed by atoms with van der Waals surface area (Å²) in [6.07, 6.45) is 4.62. The van der Waals surface area contributed by atoms with Crippen molar-refractivity contribution in [1.29, 1.82) is 0 Å². The Balaban J connectivity index is 3.73. The molecular formula is C20H36N4O12. The highest BCUT2D eigenvalue weighted by atomic mass is 17.0. The molecule has 2 amide bonds. The van der Waals surface area contributed by atoms with Crippen molar-refractivity contribution in [3.8, 4) is 0 Å². The molecule has 0 aliphatic heterocycles. The molecule has 0 saturated carbocycles. The lowest BCUT2D eigenvalue weighted by Gasteiger charge is -2.14. The van der Waals surface area contributed by atoms with Crippen molar-refractivity contribution in [3.05, 3.63) is 20.2 Å². The van der Waals surface area contributed by atoms with Crippen LogP contribution >= 0.6 is 0 Å². The van der Waals surface area contributed by atoms with Gasteiger partial charge < -0.3 is 34.9 Å². The fourth-order valence-corrected chi connectivity index (χ4v) is 2.88. The van der Waals surface area contributed by atoms with Gasteiger partial charge in [0.2, 0.25) is 0 Å². The fraction of sp³-hybridized carbons (Fsp3) is 0.850. The molecule has 208 valence electrons. The molecule has 0 saturated heterocycles. The fourth-order valence-electron chi connectivity index (χ4n) is 2.88. The lowest BCUT2D eigenvalue weighted by molar-refractivity contribution is -0.757. The van der Waals surface area contributed by atoms with Gasteiger partial charge in [-0.15, -0.1) is 20.2 Å². The third-order valence-corrected chi connectivity index (χ3v) is 4.72. The van der Waals surface area contributed by atoms with Gasteiger partial charge in [0, 0.05) is 6.54 Å². The molecule has 0 heterocycles. The number of alkyl carbamates (subject to hydrolysis) is 2. The van der Waals surface area contributed by atoms with Crippen molar-refractivity contribution in [3.63, 3.8) is 0 Å². The molecule has 0 aliphatic carbocycles. The summed E-state index contributed by atoms with van der Waals surface area (Å²) in [5, 5.41) is 32.4. The molecule has 0 aromatic rings. The molecule has 3 N–H and O–H groups in total. The molecule has 0 rings (SSSR count). The minimum absolute atomic E-state index is 0.0125. The van der Waals surface area contributed by atoms with E-state index in [1.54, 1.807) is 0 Å². The normalized spacial score (nSPS) is 11.1. The van der Waals surface area contributed by atoms with Gasteiger partial charge in [-0.3, -0.25) is 0 Å². The van der Waals surface area contributed by atoms with Crippen LogP contribution in [-0.2, 0) is 23.9 Å². The number of amides is 2. The second kappa shape index (κ2) is 21.9. The maximum atomic E-state index is 11.8. The van der Waals surface area contributed by atoms with E-state index in [1.165, 1.54) is 0 Å². The van der Waals surface area contributed by atoms with E-state index in [4.69, 9.17) is 9.47 Å². The van der Waals surface area contributed by atoms with Crippen LogP contribution in [0, 0.1) is 20.2 Å². The number of hydrogen-bond acceptors (Lipinski definition) is 11. The summed E-state index contributed by atoms with van der Waals surface area (Å²) in [4.78, 5) is 63.1. The van der Waals surface area contributed by atoms with Gasteiger partial charge in [-0.25, -0.2) is 14.4 Å². The molecule has 36 heavy (non-hydrogen) atoms. The predicted octanol–water partition coefficient (Wildman–Crippen LogP) is 2.60. The number of carbonyl (C=O) groups is 3. The average molecular weight is 525 g/mol. The molecule has 0 aromatic carbocycles. The SMILES string of the molecule is O=C(NCCCCC(NC(=O)OCCCCCCO[N+](=O)[O-])C(=O)O)OCCCCCCO[N+](=O)[O-]. The van der Waals surface area contributed by atoms with Crippen molar-refractivity contribution in [2.75, 3.05) is 33.0 Å². The van der Waals surface area contributed by atoms with Crippen LogP contribution in [0.3, 0.4) is 0 Å². The summed E-state index contributed by atoms with van der Waals surface area (Å²) < 4.78 is 9.95. The molecule has 0 spiro atoms. The number of carbonyl (C=O) groups excluding carboxylic acids is 2. The second-order valence-electron chi connectivity index (χ2n) is 7.67. The van der Waals surface area contributed by atoms with Gasteiger partial charge in [0.25, 0.3) is 10.2 Å². The van der Waals surface area contributed by atoms with E-state index in [-0.39, 0.29) is 39.4 Å². The van der Waals surface area contributed by atoms with Crippen LogP contribution in [0.4, 0.5) is 9.59 Å². The third kappa shape index (κ3) is 22.2. The Bertz CT molecular complexity index is 665. The lowest BCUT2D eigenvalue weighted by Crippen LogP contribution is -2.41. The van der Waals surface area contributed by atoms with Crippen LogP contribution in [0.5, 0.6) is 0 Å². The maximum Gasteiger partial charge on any atom is 0.407 e. The van der Waals surface area contributed by atoms with E-state index < -0.39 is 34.4 Å². The van der Waals surface area contributed by atoms with Crippen molar-refractivity contribution in [2.45, 2.75) is 76.7 Å². The number of rotatable bonds is 23. The number of nitrogens with one attached hydrogen (secondary N) is 2. The summed E-state index contributed by atoms with van der Waals surface area (Å²) in [5.41, 5.74) is 0. The highest BCUT2D eigenvalue weighted by Crippen LogP contribution is 2.04. The lowest BCUT2D eigenvalue weighted by atomic mass is 10.1. The molecule has 1 atom stereocenters. The van der Waals surface area contributed by atoms with E-state index in [0.29, 0.717) is 51.4 Å². The van der Waals surface area contributed by atoms with Gasteiger partial charge in [0.1, 0.15) is 6.04 Å². The van der Waals surface area contributed by atoms with E-state index in [2.05, 4.69) is 20.3 Å². The highest BCUT2D eigenvalue weighted by Gasteiger charge is 2.20. The van der Waals surface area contributed by atoms with Crippen LogP contribution in [0.1, 0.15) is 70.6 Å². The average Bonchev–Trinajstić information content (AvgIpc) is 2.80. The Labute approximate surface area is 208 Å². The van der Waals surface area contributed by atoms with E-state index in [9.17, 15) is 39.7 Å². The molecule has 0 aliphatic rings. The predicted molar refractivity (Wildman–Crippen MR) is 122 cm³/mol. The minimum Gasteiger partial charge on any atom is -0.480 e.